The predicted molar refractivity (Wildman–Crippen MR) is 61.7 cm³/mol. The van der Waals surface area contributed by atoms with Crippen molar-refractivity contribution in [3.8, 4) is 6.07 Å². The number of benzene rings is 1. The molecule has 1 rings (SSSR count). The molecule has 1 amide bonds. The minimum atomic E-state index is -0.200. The molecule has 0 atom stereocenters. The predicted octanol–water partition coefficient (Wildman–Crippen LogP) is 2.70. The topological polar surface area (TPSA) is 44.1 Å². The molecule has 0 aromatic heterocycles. The van der Waals surface area contributed by atoms with E-state index in [-0.39, 0.29) is 12.5 Å². The van der Waals surface area contributed by atoms with Gasteiger partial charge in [-0.25, -0.2) is 0 Å². The van der Waals surface area contributed by atoms with E-state index in [0.29, 0.717) is 15.1 Å². The highest BCUT2D eigenvalue weighted by molar-refractivity contribution is 9.10. The van der Waals surface area contributed by atoms with Gasteiger partial charge in [0.1, 0.15) is 6.54 Å². The van der Waals surface area contributed by atoms with Crippen molar-refractivity contribution in [2.45, 2.75) is 0 Å². The van der Waals surface area contributed by atoms with Crippen LogP contribution >= 0.6 is 27.5 Å². The number of hydrogen-bond donors (Lipinski definition) is 0. The maximum atomic E-state index is 11.7. The van der Waals surface area contributed by atoms with Crippen LogP contribution in [0.5, 0.6) is 0 Å². The molecule has 0 saturated heterocycles. The quantitative estimate of drug-likeness (QED) is 0.785. The van der Waals surface area contributed by atoms with Crippen LogP contribution in [-0.4, -0.2) is 24.4 Å². The van der Waals surface area contributed by atoms with Crippen LogP contribution in [0, 0.1) is 11.3 Å². The van der Waals surface area contributed by atoms with E-state index in [1.807, 2.05) is 6.07 Å². The zero-order valence-electron chi connectivity index (χ0n) is 8.00. The molecule has 1 aromatic carbocycles. The Kier molecular flexibility index (Phi) is 4.13. The molecule has 1 aromatic rings. The molecular weight excluding hydrogens is 279 g/mol. The number of amides is 1. The fourth-order valence-electron chi connectivity index (χ4n) is 1.03. The summed E-state index contributed by atoms with van der Waals surface area (Å²) in [6.07, 6.45) is 0. The van der Waals surface area contributed by atoms with Crippen molar-refractivity contribution < 1.29 is 4.79 Å². The van der Waals surface area contributed by atoms with Crippen molar-refractivity contribution in [2.75, 3.05) is 13.6 Å². The summed E-state index contributed by atoms with van der Waals surface area (Å²) in [5.74, 6) is -0.200. The fourth-order valence-corrected chi connectivity index (χ4v) is 1.52. The summed E-state index contributed by atoms with van der Waals surface area (Å²) >= 11 is 9.04. The van der Waals surface area contributed by atoms with Gasteiger partial charge in [0.2, 0.25) is 0 Å². The van der Waals surface area contributed by atoms with Crippen molar-refractivity contribution in [3.63, 3.8) is 0 Å². The van der Waals surface area contributed by atoms with Crippen molar-refractivity contribution >= 4 is 33.4 Å². The Morgan fingerprint density at radius 2 is 2.33 bits per heavy atom. The second-order valence-electron chi connectivity index (χ2n) is 2.95. The van der Waals surface area contributed by atoms with Crippen molar-refractivity contribution in [1.82, 2.24) is 4.90 Å². The van der Waals surface area contributed by atoms with E-state index in [2.05, 4.69) is 15.9 Å². The smallest absolute Gasteiger partial charge is 0.254 e. The molecule has 0 bridgehead atoms. The molecule has 0 N–H and O–H groups in total. The number of nitriles is 1. The van der Waals surface area contributed by atoms with E-state index >= 15 is 0 Å². The molecule has 0 radical (unpaired) electrons. The molecule has 0 aliphatic rings. The molecule has 15 heavy (non-hydrogen) atoms. The first kappa shape index (κ1) is 12.0. The van der Waals surface area contributed by atoms with E-state index < -0.39 is 0 Å². The summed E-state index contributed by atoms with van der Waals surface area (Å²) < 4.78 is 0.667. The monoisotopic (exact) mass is 286 g/mol. The molecule has 0 aliphatic heterocycles. The molecule has 3 nitrogen and oxygen atoms in total. The first-order chi connectivity index (χ1) is 7.06. The third kappa shape index (κ3) is 2.95. The molecule has 0 unspecified atom stereocenters. The molecular formula is C10H8BrClN2O. The van der Waals surface area contributed by atoms with Gasteiger partial charge in [-0.3, -0.25) is 4.79 Å². The number of carbonyl (C=O) groups is 1. The summed E-state index contributed by atoms with van der Waals surface area (Å²) in [7, 11) is 1.58. The standard InChI is InChI=1S/C10H8BrClN2O/c1-14(5-4-13)10(15)7-2-3-9(12)8(11)6-7/h2-3,6H,5H2,1H3. The van der Waals surface area contributed by atoms with Gasteiger partial charge >= 0.3 is 0 Å². The van der Waals surface area contributed by atoms with Gasteiger partial charge in [0.05, 0.1) is 11.1 Å². The highest BCUT2D eigenvalue weighted by Gasteiger charge is 2.12. The molecule has 78 valence electrons. The highest BCUT2D eigenvalue weighted by atomic mass is 79.9. The Labute approximate surface area is 101 Å². The van der Waals surface area contributed by atoms with E-state index in [9.17, 15) is 4.79 Å². The van der Waals surface area contributed by atoms with Crippen LogP contribution in [-0.2, 0) is 0 Å². The summed E-state index contributed by atoms with van der Waals surface area (Å²) in [6, 6.07) is 6.82. The zero-order chi connectivity index (χ0) is 11.4. The first-order valence-corrected chi connectivity index (χ1v) is 5.31. The van der Waals surface area contributed by atoms with Gasteiger partial charge in [-0.15, -0.1) is 0 Å². The zero-order valence-corrected chi connectivity index (χ0v) is 10.3. The maximum absolute atomic E-state index is 11.7. The lowest BCUT2D eigenvalue weighted by atomic mass is 10.2. The largest absolute Gasteiger partial charge is 0.328 e. The van der Waals surface area contributed by atoms with Crippen LogP contribution in [0.25, 0.3) is 0 Å². The molecule has 0 aliphatic carbocycles. The van der Waals surface area contributed by atoms with Gasteiger partial charge in [0.25, 0.3) is 5.91 Å². The average Bonchev–Trinajstić information content (AvgIpc) is 2.21. The van der Waals surface area contributed by atoms with Gasteiger partial charge in [-0.2, -0.15) is 5.26 Å². The van der Waals surface area contributed by atoms with Crippen LogP contribution < -0.4 is 0 Å². The highest BCUT2D eigenvalue weighted by Crippen LogP contribution is 2.23. The molecule has 0 fully saturated rings. The summed E-state index contributed by atoms with van der Waals surface area (Å²) in [5, 5.41) is 9.01. The fraction of sp³-hybridized carbons (Fsp3) is 0.200. The van der Waals surface area contributed by atoms with Gasteiger partial charge in [-0.1, -0.05) is 11.6 Å². The second kappa shape index (κ2) is 5.15. The third-order valence-electron chi connectivity index (χ3n) is 1.82. The number of rotatable bonds is 2. The number of hydrogen-bond acceptors (Lipinski definition) is 2. The van der Waals surface area contributed by atoms with Crippen LogP contribution in [0.4, 0.5) is 0 Å². The SMILES string of the molecule is CN(CC#N)C(=O)c1ccc(Cl)c(Br)c1. The maximum Gasteiger partial charge on any atom is 0.254 e. The average molecular weight is 288 g/mol. The Bertz CT molecular complexity index is 428. The van der Waals surface area contributed by atoms with Gasteiger partial charge in [-0.05, 0) is 34.1 Å². The first-order valence-electron chi connectivity index (χ1n) is 4.13. The van der Waals surface area contributed by atoms with Gasteiger partial charge in [0.15, 0.2) is 0 Å². The summed E-state index contributed by atoms with van der Waals surface area (Å²) in [4.78, 5) is 13.1. The Morgan fingerprint density at radius 3 is 2.87 bits per heavy atom. The minimum Gasteiger partial charge on any atom is -0.328 e. The summed E-state index contributed by atoms with van der Waals surface area (Å²) in [6.45, 7) is 0.0685. The Balaban J connectivity index is 2.93. The van der Waals surface area contributed by atoms with E-state index in [1.165, 1.54) is 4.90 Å². The van der Waals surface area contributed by atoms with Crippen molar-refractivity contribution in [1.29, 1.82) is 5.26 Å². The Hall–Kier alpha value is -1.05. The van der Waals surface area contributed by atoms with Crippen LogP contribution in [0.15, 0.2) is 22.7 Å². The van der Waals surface area contributed by atoms with E-state index in [1.54, 1.807) is 25.2 Å². The van der Waals surface area contributed by atoms with Crippen molar-refractivity contribution in [3.05, 3.63) is 33.3 Å². The molecule has 0 spiro atoms. The van der Waals surface area contributed by atoms with Crippen LogP contribution in [0.1, 0.15) is 10.4 Å². The second-order valence-corrected chi connectivity index (χ2v) is 4.21. The van der Waals surface area contributed by atoms with Crippen molar-refractivity contribution in [2.24, 2.45) is 0 Å². The molecule has 0 saturated carbocycles. The lowest BCUT2D eigenvalue weighted by Crippen LogP contribution is -2.26. The lowest BCUT2D eigenvalue weighted by molar-refractivity contribution is 0.0812. The lowest BCUT2D eigenvalue weighted by Gasteiger charge is -2.13. The number of nitrogens with zero attached hydrogens (tertiary/aromatic N) is 2. The van der Waals surface area contributed by atoms with E-state index in [0.717, 1.165) is 0 Å². The number of carbonyl (C=O) groups excluding carboxylic acids is 1. The number of halogens is 2. The Morgan fingerprint density at radius 1 is 1.67 bits per heavy atom. The third-order valence-corrected chi connectivity index (χ3v) is 3.04. The molecule has 5 heteroatoms. The van der Waals surface area contributed by atoms with Gasteiger partial charge < -0.3 is 4.90 Å². The van der Waals surface area contributed by atoms with Gasteiger partial charge in [0, 0.05) is 17.1 Å². The molecule has 0 heterocycles. The summed E-state index contributed by atoms with van der Waals surface area (Å²) in [5.41, 5.74) is 0.504. The van der Waals surface area contributed by atoms with E-state index in [4.69, 9.17) is 16.9 Å². The minimum absolute atomic E-state index is 0.0685. The van der Waals surface area contributed by atoms with Crippen LogP contribution in [0.3, 0.4) is 0 Å². The van der Waals surface area contributed by atoms with Crippen LogP contribution in [0.2, 0.25) is 5.02 Å². The normalized spacial score (nSPS) is 9.47.